The first kappa shape index (κ1) is 28.1. The average molecular weight is 555 g/mol. The van der Waals surface area contributed by atoms with Crippen LogP contribution in [0.15, 0.2) is 67.6 Å². The van der Waals surface area contributed by atoms with Crippen molar-refractivity contribution in [1.29, 1.82) is 0 Å². The molecule has 0 fully saturated rings. The molecule has 0 aliphatic heterocycles. The summed E-state index contributed by atoms with van der Waals surface area (Å²) in [5.74, 6) is -0.534. The van der Waals surface area contributed by atoms with E-state index in [4.69, 9.17) is 13.8 Å². The topological polar surface area (TPSA) is 125 Å². The zero-order chi connectivity index (χ0) is 28.4. The highest BCUT2D eigenvalue weighted by Gasteiger charge is 2.29. The van der Waals surface area contributed by atoms with E-state index in [1.54, 1.807) is 57.4 Å². The molecular weight excluding hydrogens is 526 g/mol. The van der Waals surface area contributed by atoms with Gasteiger partial charge in [0.25, 0.3) is 0 Å². The molecule has 0 radical (unpaired) electrons. The van der Waals surface area contributed by atoms with Gasteiger partial charge < -0.3 is 19.5 Å². The number of benzene rings is 1. The summed E-state index contributed by atoms with van der Waals surface area (Å²) in [4.78, 5) is 30.2. The Kier molecular flexibility index (Phi) is 7.99. The number of halogens is 1. The number of ether oxygens (including phenoxy) is 1. The summed E-state index contributed by atoms with van der Waals surface area (Å²) < 4.78 is 43.8. The van der Waals surface area contributed by atoms with E-state index in [1.807, 2.05) is 6.07 Å². The van der Waals surface area contributed by atoms with Gasteiger partial charge in [-0.3, -0.25) is 13.8 Å². The van der Waals surface area contributed by atoms with E-state index in [1.165, 1.54) is 23.9 Å². The number of aromatic nitrogens is 3. The number of carbonyl (C=O) groups is 1. The fourth-order valence-corrected chi connectivity index (χ4v) is 4.90. The maximum absolute atomic E-state index is 14.0. The van der Waals surface area contributed by atoms with Crippen LogP contribution >= 0.6 is 7.82 Å². The van der Waals surface area contributed by atoms with Crippen molar-refractivity contribution in [2.75, 3.05) is 12.4 Å². The second kappa shape index (κ2) is 11.1. The lowest BCUT2D eigenvalue weighted by Crippen LogP contribution is -2.18. The first-order valence-corrected chi connectivity index (χ1v) is 13.3. The number of nitrogens with one attached hydrogen (secondary N) is 1. The van der Waals surface area contributed by atoms with Crippen LogP contribution in [0.25, 0.3) is 33.3 Å². The molecule has 1 aromatic carbocycles. The largest absolute Gasteiger partial charge is 0.497 e. The number of hydrogen-bond donors (Lipinski definition) is 2. The van der Waals surface area contributed by atoms with Gasteiger partial charge in [0.05, 0.1) is 12.7 Å². The van der Waals surface area contributed by atoms with E-state index in [0.717, 1.165) is 6.08 Å². The number of hydrogen-bond acceptors (Lipinski definition) is 7. The van der Waals surface area contributed by atoms with Gasteiger partial charge in [0.2, 0.25) is 11.9 Å². The number of phosphoric acid groups is 1. The summed E-state index contributed by atoms with van der Waals surface area (Å²) in [6.45, 7) is 8.03. The zero-order valence-corrected chi connectivity index (χ0v) is 22.7. The van der Waals surface area contributed by atoms with Gasteiger partial charge in [0, 0.05) is 52.9 Å². The molecule has 4 rings (SSSR count). The molecule has 0 bridgehead atoms. The number of methoxy groups -OCH3 is 1. The van der Waals surface area contributed by atoms with Crippen LogP contribution in [-0.4, -0.2) is 38.0 Å². The molecular formula is C27H28FN4O6P. The first-order chi connectivity index (χ1) is 18.4. The minimum absolute atomic E-state index is 0.350. The molecule has 0 saturated carbocycles. The predicted molar refractivity (Wildman–Crippen MR) is 145 cm³/mol. The number of pyridine rings is 2. The van der Waals surface area contributed by atoms with Crippen LogP contribution in [0.1, 0.15) is 20.8 Å². The standard InChI is InChI=1S/C27H28FN4O6P/c1-6-25(33)31-20-9-18(10-21(13-20)36-5)19-11-22-23(17-7-8-29-24(28)12-17)15-32(26(22)30-14-19)16-37-39(34,35)38-27(2,3)4/h6-15H,1,16H2,2-5H3,(H,31,33)(H,34,35). The molecule has 39 heavy (non-hydrogen) atoms. The van der Waals surface area contributed by atoms with E-state index in [9.17, 15) is 18.6 Å². The van der Waals surface area contributed by atoms with Crippen molar-refractivity contribution in [2.45, 2.75) is 33.1 Å². The van der Waals surface area contributed by atoms with Crippen LogP contribution in [0.5, 0.6) is 5.75 Å². The third-order valence-corrected chi connectivity index (χ3v) is 6.65. The number of rotatable bonds is 9. The summed E-state index contributed by atoms with van der Waals surface area (Å²) in [6.07, 6.45) is 5.76. The number of nitrogens with zero attached hydrogens (tertiary/aromatic N) is 3. The Morgan fingerprint density at radius 2 is 1.95 bits per heavy atom. The summed E-state index contributed by atoms with van der Waals surface area (Å²) in [6, 6.07) is 9.96. The van der Waals surface area contributed by atoms with Crippen LogP contribution in [0.2, 0.25) is 0 Å². The van der Waals surface area contributed by atoms with Crippen molar-refractivity contribution in [2.24, 2.45) is 0 Å². The molecule has 3 aromatic heterocycles. The van der Waals surface area contributed by atoms with Crippen molar-refractivity contribution < 1.29 is 32.4 Å². The number of anilines is 1. The Hall–Kier alpha value is -3.89. The van der Waals surface area contributed by atoms with E-state index in [0.29, 0.717) is 44.7 Å². The fourth-order valence-electron chi connectivity index (χ4n) is 3.88. The highest BCUT2D eigenvalue weighted by Crippen LogP contribution is 2.48. The predicted octanol–water partition coefficient (Wildman–Crippen LogP) is 5.93. The highest BCUT2D eigenvalue weighted by atomic mass is 31.2. The van der Waals surface area contributed by atoms with Gasteiger partial charge in [0.1, 0.15) is 18.1 Å². The molecule has 0 aliphatic rings. The van der Waals surface area contributed by atoms with Crippen LogP contribution in [0.3, 0.4) is 0 Å². The maximum Gasteiger partial charge on any atom is 0.474 e. The molecule has 4 aromatic rings. The second-order valence-corrected chi connectivity index (χ2v) is 10.9. The lowest BCUT2D eigenvalue weighted by molar-refractivity contribution is -0.111. The average Bonchev–Trinajstić information content (AvgIpc) is 3.24. The first-order valence-electron chi connectivity index (χ1n) is 11.8. The second-order valence-electron chi connectivity index (χ2n) is 9.55. The smallest absolute Gasteiger partial charge is 0.474 e. The summed E-state index contributed by atoms with van der Waals surface area (Å²) in [7, 11) is -2.88. The van der Waals surface area contributed by atoms with Gasteiger partial charge >= 0.3 is 7.82 Å². The Balaban J connectivity index is 1.81. The maximum atomic E-state index is 14.0. The monoisotopic (exact) mass is 554 g/mol. The number of amides is 1. The van der Waals surface area contributed by atoms with Crippen molar-refractivity contribution in [3.63, 3.8) is 0 Å². The van der Waals surface area contributed by atoms with E-state index < -0.39 is 19.4 Å². The molecule has 0 spiro atoms. The molecule has 0 aliphatic carbocycles. The molecule has 1 unspecified atom stereocenters. The number of carbonyl (C=O) groups excluding carboxylic acids is 1. The van der Waals surface area contributed by atoms with Crippen molar-refractivity contribution >= 4 is 30.5 Å². The van der Waals surface area contributed by atoms with Gasteiger partial charge in [-0.05, 0) is 62.2 Å². The molecule has 204 valence electrons. The third-order valence-electron chi connectivity index (χ3n) is 5.43. The molecule has 2 N–H and O–H groups in total. The highest BCUT2D eigenvalue weighted by molar-refractivity contribution is 7.47. The molecule has 3 heterocycles. The van der Waals surface area contributed by atoms with Crippen LogP contribution in [0, 0.1) is 5.95 Å². The Bertz CT molecular complexity index is 1600. The molecule has 12 heteroatoms. The Morgan fingerprint density at radius 3 is 2.62 bits per heavy atom. The van der Waals surface area contributed by atoms with Gasteiger partial charge in [0.15, 0.2) is 0 Å². The quantitative estimate of drug-likeness (QED) is 0.148. The Morgan fingerprint density at radius 1 is 1.18 bits per heavy atom. The molecule has 0 saturated heterocycles. The number of fused-ring (bicyclic) bond motifs is 1. The van der Waals surface area contributed by atoms with Crippen LogP contribution in [0.4, 0.5) is 10.1 Å². The molecule has 1 atom stereocenters. The summed E-state index contributed by atoms with van der Waals surface area (Å²) in [5, 5.41) is 3.34. The van der Waals surface area contributed by atoms with Crippen LogP contribution < -0.4 is 10.1 Å². The summed E-state index contributed by atoms with van der Waals surface area (Å²) >= 11 is 0. The number of phosphoric ester groups is 1. The normalized spacial score (nSPS) is 13.2. The Labute approximate surface area is 224 Å². The minimum Gasteiger partial charge on any atom is -0.497 e. The van der Waals surface area contributed by atoms with Crippen LogP contribution in [-0.2, 0) is 25.1 Å². The van der Waals surface area contributed by atoms with Crippen molar-refractivity contribution in [3.05, 3.63) is 73.6 Å². The van der Waals surface area contributed by atoms with Crippen molar-refractivity contribution in [3.8, 4) is 28.0 Å². The zero-order valence-electron chi connectivity index (χ0n) is 21.8. The van der Waals surface area contributed by atoms with Gasteiger partial charge in [-0.1, -0.05) is 6.58 Å². The lowest BCUT2D eigenvalue weighted by atomic mass is 10.0. The van der Waals surface area contributed by atoms with Gasteiger partial charge in [-0.25, -0.2) is 14.5 Å². The molecule has 10 nitrogen and oxygen atoms in total. The fraction of sp³-hybridized carbons (Fsp3) is 0.222. The lowest BCUT2D eigenvalue weighted by Gasteiger charge is -2.22. The van der Waals surface area contributed by atoms with E-state index >= 15 is 0 Å². The third kappa shape index (κ3) is 6.96. The van der Waals surface area contributed by atoms with E-state index in [-0.39, 0.29) is 12.6 Å². The van der Waals surface area contributed by atoms with Gasteiger partial charge in [-0.2, -0.15) is 4.39 Å². The minimum atomic E-state index is -4.39. The SMILES string of the molecule is C=CC(=O)Nc1cc(OC)cc(-c2cnc3c(c2)c(-c2ccnc(F)c2)cn3COP(=O)(O)OC(C)(C)C)c1. The molecule has 1 amide bonds. The summed E-state index contributed by atoms with van der Waals surface area (Å²) in [5.41, 5.74) is 2.49. The van der Waals surface area contributed by atoms with Crippen molar-refractivity contribution in [1.82, 2.24) is 14.5 Å². The van der Waals surface area contributed by atoms with Gasteiger partial charge in [-0.15, -0.1) is 0 Å². The van der Waals surface area contributed by atoms with E-state index in [2.05, 4.69) is 21.9 Å².